The van der Waals surface area contributed by atoms with Gasteiger partial charge >= 0.3 is 0 Å². The fourth-order valence-corrected chi connectivity index (χ4v) is 2.20. The van der Waals surface area contributed by atoms with E-state index in [9.17, 15) is 10.1 Å². The summed E-state index contributed by atoms with van der Waals surface area (Å²) in [7, 11) is 2.00. The summed E-state index contributed by atoms with van der Waals surface area (Å²) < 4.78 is 0. The van der Waals surface area contributed by atoms with Crippen LogP contribution in [0.3, 0.4) is 0 Å². The van der Waals surface area contributed by atoms with E-state index < -0.39 is 4.92 Å². The molecule has 2 aromatic rings. The van der Waals surface area contributed by atoms with Crippen LogP contribution in [0.4, 0.5) is 17.2 Å². The topological polar surface area (TPSA) is 71.3 Å². The summed E-state index contributed by atoms with van der Waals surface area (Å²) in [5.74, 6) is 0.947. The molecule has 0 spiro atoms. The molecule has 0 saturated heterocycles. The quantitative estimate of drug-likeness (QED) is 0.655. The summed E-state index contributed by atoms with van der Waals surface area (Å²) in [5.41, 5.74) is 3.16. The van der Waals surface area contributed by atoms with Crippen molar-refractivity contribution < 1.29 is 4.92 Å². The number of nitrogens with zero attached hydrogens (tertiary/aromatic N) is 3. The molecule has 0 radical (unpaired) electrons. The molecule has 116 valence electrons. The number of rotatable bonds is 6. The average Bonchev–Trinajstić information content (AvgIpc) is 2.46. The number of likely N-dealkylation sites (N-methyl/N-ethyl adjacent to an activating group) is 1. The monoisotopic (exact) mass is 300 g/mol. The Hall–Kier alpha value is -2.63. The third-order valence-corrected chi connectivity index (χ3v) is 3.33. The highest BCUT2D eigenvalue weighted by Crippen LogP contribution is 2.16. The smallest absolute Gasteiger partial charge is 0.269 e. The van der Waals surface area contributed by atoms with Gasteiger partial charge in [-0.05, 0) is 43.7 Å². The summed E-state index contributed by atoms with van der Waals surface area (Å²) in [6.07, 6.45) is 0. The van der Waals surface area contributed by atoms with E-state index in [0.717, 1.165) is 30.3 Å². The maximum absolute atomic E-state index is 10.6. The Bertz CT molecular complexity index is 635. The van der Waals surface area contributed by atoms with Gasteiger partial charge in [0.25, 0.3) is 5.69 Å². The van der Waals surface area contributed by atoms with Gasteiger partial charge in [0.1, 0.15) is 5.82 Å². The van der Waals surface area contributed by atoms with E-state index in [1.54, 1.807) is 12.1 Å². The van der Waals surface area contributed by atoms with Gasteiger partial charge in [-0.15, -0.1) is 0 Å². The fraction of sp³-hybridized carbons (Fsp3) is 0.312. The number of aryl methyl sites for hydroxylation is 2. The van der Waals surface area contributed by atoms with Crippen LogP contribution in [0, 0.1) is 24.0 Å². The molecule has 6 heteroatoms. The lowest BCUT2D eigenvalue weighted by Gasteiger charge is -2.19. The Labute approximate surface area is 129 Å². The van der Waals surface area contributed by atoms with Crippen LogP contribution >= 0.6 is 0 Å². The zero-order chi connectivity index (χ0) is 16.1. The van der Waals surface area contributed by atoms with E-state index in [1.807, 2.05) is 20.0 Å². The lowest BCUT2D eigenvalue weighted by molar-refractivity contribution is -0.384. The molecule has 2 rings (SSSR count). The molecule has 22 heavy (non-hydrogen) atoms. The molecule has 0 aliphatic rings. The molecular formula is C16H20N4O2. The molecule has 1 aromatic carbocycles. The van der Waals surface area contributed by atoms with Gasteiger partial charge in [-0.1, -0.05) is 0 Å². The van der Waals surface area contributed by atoms with Gasteiger partial charge in [0.2, 0.25) is 0 Å². The van der Waals surface area contributed by atoms with Crippen molar-refractivity contribution in [3.8, 4) is 0 Å². The maximum atomic E-state index is 10.6. The molecule has 1 heterocycles. The number of aromatic nitrogens is 1. The van der Waals surface area contributed by atoms with Crippen molar-refractivity contribution in [1.82, 2.24) is 4.98 Å². The molecule has 0 fully saturated rings. The van der Waals surface area contributed by atoms with E-state index in [1.165, 1.54) is 17.7 Å². The highest BCUT2D eigenvalue weighted by atomic mass is 16.6. The van der Waals surface area contributed by atoms with Crippen molar-refractivity contribution in [3.05, 3.63) is 57.8 Å². The van der Waals surface area contributed by atoms with Gasteiger partial charge < -0.3 is 10.2 Å². The van der Waals surface area contributed by atoms with Crippen LogP contribution in [0.5, 0.6) is 0 Å². The Morgan fingerprint density at radius 1 is 1.23 bits per heavy atom. The highest BCUT2D eigenvalue weighted by Gasteiger charge is 2.05. The van der Waals surface area contributed by atoms with Crippen LogP contribution in [0.15, 0.2) is 36.4 Å². The second kappa shape index (κ2) is 6.89. The van der Waals surface area contributed by atoms with Crippen LogP contribution in [-0.2, 0) is 0 Å². The Balaban J connectivity index is 1.88. The Kier molecular flexibility index (Phi) is 4.93. The van der Waals surface area contributed by atoms with Gasteiger partial charge in [-0.3, -0.25) is 10.1 Å². The summed E-state index contributed by atoms with van der Waals surface area (Å²) in [4.78, 5) is 16.8. The van der Waals surface area contributed by atoms with Crippen molar-refractivity contribution in [2.45, 2.75) is 13.8 Å². The van der Waals surface area contributed by atoms with Crippen LogP contribution in [0.1, 0.15) is 11.3 Å². The zero-order valence-corrected chi connectivity index (χ0v) is 13.0. The van der Waals surface area contributed by atoms with Crippen LogP contribution in [0.2, 0.25) is 0 Å². The molecule has 1 aromatic heterocycles. The van der Waals surface area contributed by atoms with Crippen molar-refractivity contribution >= 4 is 17.2 Å². The number of non-ortho nitro benzene ring substituents is 1. The third-order valence-electron chi connectivity index (χ3n) is 3.33. The molecule has 0 bridgehead atoms. The minimum atomic E-state index is -0.400. The first-order chi connectivity index (χ1) is 10.5. The van der Waals surface area contributed by atoms with Crippen LogP contribution < -0.4 is 10.2 Å². The van der Waals surface area contributed by atoms with Gasteiger partial charge in [0, 0.05) is 43.7 Å². The first-order valence-electron chi connectivity index (χ1n) is 7.10. The fourth-order valence-electron chi connectivity index (χ4n) is 2.20. The van der Waals surface area contributed by atoms with Gasteiger partial charge in [0.05, 0.1) is 4.92 Å². The number of hydrogen-bond donors (Lipinski definition) is 1. The van der Waals surface area contributed by atoms with E-state index in [-0.39, 0.29) is 5.69 Å². The van der Waals surface area contributed by atoms with E-state index >= 15 is 0 Å². The largest absolute Gasteiger partial charge is 0.383 e. The first-order valence-corrected chi connectivity index (χ1v) is 7.10. The van der Waals surface area contributed by atoms with E-state index in [0.29, 0.717) is 0 Å². The van der Waals surface area contributed by atoms with Gasteiger partial charge in [-0.2, -0.15) is 0 Å². The third kappa shape index (κ3) is 4.18. The predicted molar refractivity (Wildman–Crippen MR) is 88.6 cm³/mol. The summed E-state index contributed by atoms with van der Waals surface area (Å²) in [6.45, 7) is 5.55. The summed E-state index contributed by atoms with van der Waals surface area (Å²) >= 11 is 0. The van der Waals surface area contributed by atoms with E-state index in [2.05, 4.69) is 28.2 Å². The average molecular weight is 300 g/mol. The Morgan fingerprint density at radius 2 is 1.91 bits per heavy atom. The number of nitro benzene ring substituents is 1. The lowest BCUT2D eigenvalue weighted by atomic mass is 10.2. The minimum absolute atomic E-state index is 0.0992. The van der Waals surface area contributed by atoms with Crippen molar-refractivity contribution in [2.24, 2.45) is 0 Å². The molecule has 1 N–H and O–H groups in total. The molecule has 0 aliphatic heterocycles. The van der Waals surface area contributed by atoms with Crippen molar-refractivity contribution in [2.75, 3.05) is 30.4 Å². The van der Waals surface area contributed by atoms with Crippen LogP contribution in [-0.4, -0.2) is 30.0 Å². The SMILES string of the molecule is Cc1cc(C)nc(N(C)CCNc2ccc([N+](=O)[O-])cc2)c1. The predicted octanol–water partition coefficient (Wildman–Crippen LogP) is 3.15. The van der Waals surface area contributed by atoms with E-state index in [4.69, 9.17) is 0 Å². The molecule has 0 amide bonds. The van der Waals surface area contributed by atoms with Crippen LogP contribution in [0.25, 0.3) is 0 Å². The number of nitrogens with one attached hydrogen (secondary N) is 1. The number of nitro groups is 1. The second-order valence-electron chi connectivity index (χ2n) is 5.30. The molecular weight excluding hydrogens is 280 g/mol. The highest BCUT2D eigenvalue weighted by molar-refractivity contribution is 5.49. The van der Waals surface area contributed by atoms with Gasteiger partial charge in [-0.25, -0.2) is 4.98 Å². The maximum Gasteiger partial charge on any atom is 0.269 e. The molecule has 0 atom stereocenters. The first kappa shape index (κ1) is 15.8. The Morgan fingerprint density at radius 3 is 2.50 bits per heavy atom. The summed E-state index contributed by atoms with van der Waals surface area (Å²) in [5, 5.41) is 13.8. The molecule has 6 nitrogen and oxygen atoms in total. The van der Waals surface area contributed by atoms with Crippen molar-refractivity contribution in [1.29, 1.82) is 0 Å². The molecule has 0 saturated carbocycles. The summed E-state index contributed by atoms with van der Waals surface area (Å²) in [6, 6.07) is 10.5. The number of anilines is 2. The number of hydrogen-bond acceptors (Lipinski definition) is 5. The second-order valence-corrected chi connectivity index (χ2v) is 5.30. The molecule has 0 aliphatic carbocycles. The minimum Gasteiger partial charge on any atom is -0.383 e. The van der Waals surface area contributed by atoms with Gasteiger partial charge in [0.15, 0.2) is 0 Å². The zero-order valence-electron chi connectivity index (χ0n) is 13.0. The number of pyridine rings is 1. The number of benzene rings is 1. The van der Waals surface area contributed by atoms with Crippen molar-refractivity contribution in [3.63, 3.8) is 0 Å². The normalized spacial score (nSPS) is 10.3. The lowest BCUT2D eigenvalue weighted by Crippen LogP contribution is -2.25. The molecule has 0 unspecified atom stereocenters. The standard InChI is InChI=1S/C16H20N4O2/c1-12-10-13(2)18-16(11-12)19(3)9-8-17-14-4-6-15(7-5-14)20(21)22/h4-7,10-11,17H,8-9H2,1-3H3.